The molecule has 0 unspecified atom stereocenters. The van der Waals surface area contributed by atoms with Crippen LogP contribution in [0.15, 0.2) is 18.2 Å². The van der Waals surface area contributed by atoms with E-state index in [4.69, 9.17) is 14.6 Å². The Morgan fingerprint density at radius 2 is 1.42 bits per heavy atom. The summed E-state index contributed by atoms with van der Waals surface area (Å²) in [6, 6.07) is 6.38. The SMILES string of the molecule is COCOc1c(C)cccc1CCCCCCCCCCCCO. The second kappa shape index (κ2) is 14.3. The number of para-hydroxylation sites is 1. The van der Waals surface area contributed by atoms with Gasteiger partial charge in [-0.25, -0.2) is 0 Å². The maximum Gasteiger partial charge on any atom is 0.188 e. The van der Waals surface area contributed by atoms with E-state index in [-0.39, 0.29) is 0 Å². The van der Waals surface area contributed by atoms with Crippen LogP contribution in [0.25, 0.3) is 0 Å². The lowest BCUT2D eigenvalue weighted by atomic mass is 10.0. The normalized spacial score (nSPS) is 11.0. The molecule has 0 aliphatic rings. The minimum absolute atomic E-state index is 0.316. The number of methoxy groups -OCH3 is 1. The number of benzene rings is 1. The number of unbranched alkanes of at least 4 members (excludes halogenated alkanes) is 9. The zero-order chi connectivity index (χ0) is 17.5. The van der Waals surface area contributed by atoms with Gasteiger partial charge >= 0.3 is 0 Å². The molecule has 0 spiro atoms. The number of hydrogen-bond acceptors (Lipinski definition) is 3. The first-order valence-electron chi connectivity index (χ1n) is 9.60. The lowest BCUT2D eigenvalue weighted by Crippen LogP contribution is -2.03. The number of aryl methyl sites for hydroxylation is 2. The maximum atomic E-state index is 8.73. The summed E-state index contributed by atoms with van der Waals surface area (Å²) < 4.78 is 10.8. The summed E-state index contributed by atoms with van der Waals surface area (Å²) in [5.41, 5.74) is 2.49. The van der Waals surface area contributed by atoms with Crippen LogP contribution >= 0.6 is 0 Å². The van der Waals surface area contributed by atoms with E-state index >= 15 is 0 Å². The van der Waals surface area contributed by atoms with Gasteiger partial charge in [0, 0.05) is 13.7 Å². The topological polar surface area (TPSA) is 38.7 Å². The van der Waals surface area contributed by atoms with E-state index in [0.717, 1.165) is 18.6 Å². The second-order valence-electron chi connectivity index (χ2n) is 6.62. The molecule has 0 saturated carbocycles. The van der Waals surface area contributed by atoms with Crippen molar-refractivity contribution in [3.05, 3.63) is 29.3 Å². The Kier molecular flexibility index (Phi) is 12.5. The van der Waals surface area contributed by atoms with E-state index in [1.807, 2.05) is 0 Å². The Bertz CT molecular complexity index is 418. The van der Waals surface area contributed by atoms with Crippen molar-refractivity contribution in [2.24, 2.45) is 0 Å². The van der Waals surface area contributed by atoms with Gasteiger partial charge in [-0.1, -0.05) is 69.6 Å². The Morgan fingerprint density at radius 3 is 2.00 bits per heavy atom. The average Bonchev–Trinajstić information content (AvgIpc) is 2.59. The zero-order valence-electron chi connectivity index (χ0n) is 15.7. The molecule has 0 atom stereocenters. The quantitative estimate of drug-likeness (QED) is 0.343. The molecule has 3 heteroatoms. The van der Waals surface area contributed by atoms with Crippen molar-refractivity contribution < 1.29 is 14.6 Å². The van der Waals surface area contributed by atoms with Crippen molar-refractivity contribution in [3.63, 3.8) is 0 Å². The Balaban J connectivity index is 2.10. The molecular weight excluding hydrogens is 300 g/mol. The second-order valence-corrected chi connectivity index (χ2v) is 6.62. The van der Waals surface area contributed by atoms with Crippen LogP contribution in [0.2, 0.25) is 0 Å². The van der Waals surface area contributed by atoms with Gasteiger partial charge in [0.15, 0.2) is 6.79 Å². The van der Waals surface area contributed by atoms with E-state index in [2.05, 4.69) is 25.1 Å². The Hall–Kier alpha value is -1.06. The number of hydrogen-bond donors (Lipinski definition) is 1. The molecule has 0 amide bonds. The summed E-state index contributed by atoms with van der Waals surface area (Å²) >= 11 is 0. The van der Waals surface area contributed by atoms with Crippen LogP contribution < -0.4 is 4.74 Å². The average molecular weight is 337 g/mol. The van der Waals surface area contributed by atoms with Gasteiger partial charge in [-0.3, -0.25) is 0 Å². The summed E-state index contributed by atoms with van der Waals surface area (Å²) in [5, 5.41) is 8.73. The molecule has 24 heavy (non-hydrogen) atoms. The standard InChI is InChI=1S/C21H36O3/c1-19-14-13-16-20(21(19)24-18-23-2)15-11-9-7-5-3-4-6-8-10-12-17-22/h13-14,16,22H,3-12,15,17-18H2,1-2H3. The van der Waals surface area contributed by atoms with Gasteiger partial charge in [0.05, 0.1) is 0 Å². The summed E-state index contributed by atoms with van der Waals surface area (Å²) in [4.78, 5) is 0. The van der Waals surface area contributed by atoms with Gasteiger partial charge in [0.2, 0.25) is 0 Å². The molecule has 1 aromatic carbocycles. The smallest absolute Gasteiger partial charge is 0.188 e. The molecule has 3 nitrogen and oxygen atoms in total. The van der Waals surface area contributed by atoms with Gasteiger partial charge in [0.25, 0.3) is 0 Å². The lowest BCUT2D eigenvalue weighted by molar-refractivity contribution is 0.0499. The third-order valence-corrected chi connectivity index (χ3v) is 4.47. The molecule has 1 N–H and O–H groups in total. The highest BCUT2D eigenvalue weighted by Crippen LogP contribution is 2.25. The summed E-state index contributed by atoms with van der Waals surface area (Å²) in [5.74, 6) is 1.00. The van der Waals surface area contributed by atoms with Crippen molar-refractivity contribution in [2.45, 2.75) is 77.6 Å². The van der Waals surface area contributed by atoms with Crippen molar-refractivity contribution in [1.82, 2.24) is 0 Å². The largest absolute Gasteiger partial charge is 0.467 e. The van der Waals surface area contributed by atoms with Crippen molar-refractivity contribution in [1.29, 1.82) is 0 Å². The third-order valence-electron chi connectivity index (χ3n) is 4.47. The lowest BCUT2D eigenvalue weighted by Gasteiger charge is -2.13. The number of aliphatic hydroxyl groups excluding tert-OH is 1. The van der Waals surface area contributed by atoms with Crippen LogP contribution in [0, 0.1) is 6.92 Å². The van der Waals surface area contributed by atoms with Gasteiger partial charge in [-0.05, 0) is 37.3 Å². The molecule has 0 aromatic heterocycles. The predicted octanol–water partition coefficient (Wildman–Crippen LogP) is 5.41. The van der Waals surface area contributed by atoms with Gasteiger partial charge < -0.3 is 14.6 Å². The molecule has 0 fully saturated rings. The van der Waals surface area contributed by atoms with Crippen molar-refractivity contribution in [2.75, 3.05) is 20.5 Å². The van der Waals surface area contributed by atoms with Crippen molar-refractivity contribution in [3.8, 4) is 5.75 Å². The molecule has 0 bridgehead atoms. The minimum atomic E-state index is 0.316. The molecule has 0 saturated heterocycles. The molecule has 0 aliphatic heterocycles. The highest BCUT2D eigenvalue weighted by molar-refractivity contribution is 5.40. The molecule has 138 valence electrons. The summed E-state index contributed by atoms with van der Waals surface area (Å²) in [6.07, 6.45) is 13.7. The predicted molar refractivity (Wildman–Crippen MR) is 101 cm³/mol. The molecular formula is C21H36O3. The van der Waals surface area contributed by atoms with Crippen LogP contribution in [0.3, 0.4) is 0 Å². The fraction of sp³-hybridized carbons (Fsp3) is 0.714. The Labute approximate surface area is 148 Å². The fourth-order valence-electron chi connectivity index (χ4n) is 3.08. The molecule has 0 aliphatic carbocycles. The van der Waals surface area contributed by atoms with E-state index in [1.54, 1.807) is 7.11 Å². The van der Waals surface area contributed by atoms with Gasteiger partial charge in [0.1, 0.15) is 5.75 Å². The minimum Gasteiger partial charge on any atom is -0.467 e. The van der Waals surface area contributed by atoms with Crippen molar-refractivity contribution >= 4 is 0 Å². The first-order chi connectivity index (χ1) is 11.8. The molecule has 0 heterocycles. The third kappa shape index (κ3) is 9.29. The first kappa shape index (κ1) is 21.0. The van der Waals surface area contributed by atoms with Gasteiger partial charge in [-0.2, -0.15) is 0 Å². The van der Waals surface area contributed by atoms with Crippen LogP contribution in [0.1, 0.15) is 75.3 Å². The van der Waals surface area contributed by atoms with Crippen LogP contribution in [-0.4, -0.2) is 25.6 Å². The summed E-state index contributed by atoms with van der Waals surface area (Å²) in [7, 11) is 1.66. The zero-order valence-corrected chi connectivity index (χ0v) is 15.7. The highest BCUT2D eigenvalue weighted by Gasteiger charge is 2.06. The van der Waals surface area contributed by atoms with Gasteiger partial charge in [-0.15, -0.1) is 0 Å². The Morgan fingerprint density at radius 1 is 0.833 bits per heavy atom. The van der Waals surface area contributed by atoms with E-state index in [0.29, 0.717) is 13.4 Å². The maximum absolute atomic E-state index is 8.73. The summed E-state index contributed by atoms with van der Waals surface area (Å²) in [6.45, 7) is 2.75. The molecule has 1 rings (SSSR count). The first-order valence-corrected chi connectivity index (χ1v) is 9.60. The van der Waals surface area contributed by atoms with E-state index < -0.39 is 0 Å². The van der Waals surface area contributed by atoms with Crippen LogP contribution in [0.5, 0.6) is 5.75 Å². The van der Waals surface area contributed by atoms with E-state index in [1.165, 1.54) is 68.9 Å². The monoisotopic (exact) mass is 336 g/mol. The van der Waals surface area contributed by atoms with Crippen LogP contribution in [-0.2, 0) is 11.2 Å². The van der Waals surface area contributed by atoms with Crippen LogP contribution in [0.4, 0.5) is 0 Å². The number of ether oxygens (including phenoxy) is 2. The number of aliphatic hydroxyl groups is 1. The number of rotatable bonds is 15. The fourth-order valence-corrected chi connectivity index (χ4v) is 3.08. The van der Waals surface area contributed by atoms with E-state index in [9.17, 15) is 0 Å². The highest BCUT2D eigenvalue weighted by atomic mass is 16.7. The molecule has 1 aromatic rings. The molecule has 0 radical (unpaired) electrons.